The Labute approximate surface area is 109 Å². The average Bonchev–Trinajstić information content (AvgIpc) is 2.90. The summed E-state index contributed by atoms with van der Waals surface area (Å²) >= 11 is 5.75. The van der Waals surface area contributed by atoms with Gasteiger partial charge in [0, 0.05) is 13.1 Å². The molecule has 0 bridgehead atoms. The molecule has 2 rings (SSSR count). The van der Waals surface area contributed by atoms with Crippen LogP contribution < -0.4 is 5.32 Å². The Morgan fingerprint density at radius 1 is 1.44 bits per heavy atom. The Hall–Kier alpha value is -1.69. The van der Waals surface area contributed by atoms with Crippen LogP contribution in [0.2, 0.25) is 5.15 Å². The van der Waals surface area contributed by atoms with Gasteiger partial charge in [-0.25, -0.2) is 9.97 Å². The molecule has 0 aromatic carbocycles. The van der Waals surface area contributed by atoms with Crippen LogP contribution in [-0.4, -0.2) is 46.7 Å². The number of halogens is 1. The minimum absolute atomic E-state index is 0.000848. The lowest BCUT2D eigenvalue weighted by Gasteiger charge is -2.16. The molecule has 0 saturated carbocycles. The Morgan fingerprint density at radius 2 is 2.17 bits per heavy atom. The van der Waals surface area contributed by atoms with Crippen LogP contribution in [0.25, 0.3) is 0 Å². The van der Waals surface area contributed by atoms with Crippen molar-refractivity contribution in [3.63, 3.8) is 0 Å². The maximum atomic E-state index is 11.8. The van der Waals surface area contributed by atoms with Crippen LogP contribution in [-0.2, 0) is 4.79 Å². The predicted molar refractivity (Wildman–Crippen MR) is 66.7 cm³/mol. The number of carbonyl (C=O) groups excluding carboxylic acids is 2. The van der Waals surface area contributed by atoms with E-state index in [9.17, 15) is 9.59 Å². The Bertz CT molecular complexity index is 460. The topological polar surface area (TPSA) is 75.2 Å². The van der Waals surface area contributed by atoms with Crippen LogP contribution in [0.4, 0.5) is 5.82 Å². The summed E-state index contributed by atoms with van der Waals surface area (Å²) in [5.74, 6) is 0.289. The summed E-state index contributed by atoms with van der Waals surface area (Å²) in [6.45, 7) is 1.70. The molecule has 6 nitrogen and oxygen atoms in total. The van der Waals surface area contributed by atoms with Gasteiger partial charge in [0.25, 0.3) is 0 Å². The highest BCUT2D eigenvalue weighted by atomic mass is 35.5. The quantitative estimate of drug-likeness (QED) is 0.651. The highest BCUT2D eigenvalue weighted by Gasteiger charge is 2.18. The summed E-state index contributed by atoms with van der Waals surface area (Å²) in [5.41, 5.74) is 0.174. The van der Waals surface area contributed by atoms with Gasteiger partial charge in [-0.1, -0.05) is 11.6 Å². The lowest BCUT2D eigenvalue weighted by Crippen LogP contribution is -2.33. The van der Waals surface area contributed by atoms with E-state index in [4.69, 9.17) is 11.6 Å². The van der Waals surface area contributed by atoms with Gasteiger partial charge in [-0.15, -0.1) is 0 Å². The number of aldehydes is 1. The highest BCUT2D eigenvalue weighted by Crippen LogP contribution is 2.17. The molecule has 0 unspecified atom stereocenters. The van der Waals surface area contributed by atoms with Gasteiger partial charge < -0.3 is 10.2 Å². The lowest BCUT2D eigenvalue weighted by molar-refractivity contribution is -0.128. The smallest absolute Gasteiger partial charge is 0.241 e. The van der Waals surface area contributed by atoms with Crippen molar-refractivity contribution < 1.29 is 9.59 Å². The van der Waals surface area contributed by atoms with E-state index >= 15 is 0 Å². The van der Waals surface area contributed by atoms with Crippen molar-refractivity contribution in [2.45, 2.75) is 12.8 Å². The normalized spacial score (nSPS) is 14.6. The van der Waals surface area contributed by atoms with E-state index < -0.39 is 0 Å². The molecule has 1 amide bonds. The Morgan fingerprint density at radius 3 is 2.83 bits per heavy atom. The number of carbonyl (C=O) groups is 2. The summed E-state index contributed by atoms with van der Waals surface area (Å²) in [7, 11) is 0. The highest BCUT2D eigenvalue weighted by molar-refractivity contribution is 6.32. The molecule has 0 spiro atoms. The van der Waals surface area contributed by atoms with Crippen LogP contribution >= 0.6 is 11.6 Å². The number of hydrogen-bond acceptors (Lipinski definition) is 5. The van der Waals surface area contributed by atoms with Gasteiger partial charge in [0.1, 0.15) is 17.3 Å². The summed E-state index contributed by atoms with van der Waals surface area (Å²) < 4.78 is 0. The first-order valence-electron chi connectivity index (χ1n) is 5.69. The molecule has 96 valence electrons. The number of hydrogen-bond donors (Lipinski definition) is 1. The van der Waals surface area contributed by atoms with Crippen molar-refractivity contribution in [1.29, 1.82) is 0 Å². The van der Waals surface area contributed by atoms with Crippen molar-refractivity contribution in [3.05, 3.63) is 17.0 Å². The first kappa shape index (κ1) is 12.8. The number of nitrogens with zero attached hydrogens (tertiary/aromatic N) is 3. The second kappa shape index (κ2) is 5.77. The molecule has 18 heavy (non-hydrogen) atoms. The summed E-state index contributed by atoms with van der Waals surface area (Å²) in [4.78, 5) is 32.0. The van der Waals surface area contributed by atoms with Crippen LogP contribution in [0.15, 0.2) is 6.33 Å². The van der Waals surface area contributed by atoms with Gasteiger partial charge >= 0.3 is 0 Å². The van der Waals surface area contributed by atoms with Crippen LogP contribution in [0.5, 0.6) is 0 Å². The van der Waals surface area contributed by atoms with Crippen molar-refractivity contribution >= 4 is 29.6 Å². The molecule has 2 heterocycles. The van der Waals surface area contributed by atoms with Crippen molar-refractivity contribution in [1.82, 2.24) is 14.9 Å². The molecular formula is C11H13ClN4O2. The van der Waals surface area contributed by atoms with Gasteiger partial charge in [0.2, 0.25) is 5.91 Å². The minimum Gasteiger partial charge on any atom is -0.360 e. The fourth-order valence-corrected chi connectivity index (χ4v) is 2.03. The zero-order valence-corrected chi connectivity index (χ0v) is 10.5. The molecular weight excluding hydrogens is 256 g/mol. The van der Waals surface area contributed by atoms with Crippen molar-refractivity contribution in [2.75, 3.05) is 25.0 Å². The maximum absolute atomic E-state index is 11.8. The molecule has 1 N–H and O–H groups in total. The molecule has 1 aromatic heterocycles. The summed E-state index contributed by atoms with van der Waals surface area (Å²) in [5, 5.41) is 2.90. The van der Waals surface area contributed by atoms with Gasteiger partial charge in [-0.05, 0) is 12.8 Å². The molecule has 0 radical (unpaired) electrons. The van der Waals surface area contributed by atoms with E-state index in [0.717, 1.165) is 25.9 Å². The van der Waals surface area contributed by atoms with Gasteiger partial charge in [0.05, 0.1) is 12.1 Å². The third-order valence-electron chi connectivity index (χ3n) is 2.82. The van der Waals surface area contributed by atoms with Crippen LogP contribution in [0, 0.1) is 0 Å². The second-order valence-electron chi connectivity index (χ2n) is 3.99. The van der Waals surface area contributed by atoms with E-state index in [1.807, 2.05) is 0 Å². The monoisotopic (exact) mass is 268 g/mol. The van der Waals surface area contributed by atoms with E-state index in [2.05, 4.69) is 15.3 Å². The molecule has 1 aromatic rings. The van der Waals surface area contributed by atoms with E-state index in [0.29, 0.717) is 6.29 Å². The molecule has 1 aliphatic rings. The zero-order valence-electron chi connectivity index (χ0n) is 9.73. The Kier molecular flexibility index (Phi) is 4.09. The fraction of sp³-hybridized carbons (Fsp3) is 0.455. The van der Waals surface area contributed by atoms with Crippen molar-refractivity contribution in [3.8, 4) is 0 Å². The zero-order chi connectivity index (χ0) is 13.0. The molecule has 0 aliphatic carbocycles. The largest absolute Gasteiger partial charge is 0.360 e. The first-order valence-corrected chi connectivity index (χ1v) is 6.07. The third-order valence-corrected chi connectivity index (χ3v) is 3.12. The van der Waals surface area contributed by atoms with Gasteiger partial charge in [0.15, 0.2) is 6.29 Å². The number of aromatic nitrogens is 2. The number of amides is 1. The van der Waals surface area contributed by atoms with Gasteiger partial charge in [-0.2, -0.15) is 0 Å². The average molecular weight is 269 g/mol. The first-order chi connectivity index (χ1) is 8.72. The van der Waals surface area contributed by atoms with E-state index in [1.54, 1.807) is 4.90 Å². The summed E-state index contributed by atoms with van der Waals surface area (Å²) in [6, 6.07) is 0. The third kappa shape index (κ3) is 2.76. The SMILES string of the molecule is O=Cc1c(Cl)ncnc1NCC(=O)N1CCCC1. The van der Waals surface area contributed by atoms with Crippen LogP contribution in [0.1, 0.15) is 23.2 Å². The van der Waals surface area contributed by atoms with E-state index in [1.165, 1.54) is 6.33 Å². The summed E-state index contributed by atoms with van der Waals surface area (Å²) in [6.07, 6.45) is 3.92. The second-order valence-corrected chi connectivity index (χ2v) is 4.34. The molecule has 7 heteroatoms. The number of rotatable bonds is 4. The van der Waals surface area contributed by atoms with Crippen molar-refractivity contribution in [2.24, 2.45) is 0 Å². The number of anilines is 1. The molecule has 1 fully saturated rings. The van der Waals surface area contributed by atoms with E-state index in [-0.39, 0.29) is 29.0 Å². The maximum Gasteiger partial charge on any atom is 0.241 e. The molecule has 0 atom stereocenters. The minimum atomic E-state index is -0.000848. The lowest BCUT2D eigenvalue weighted by atomic mass is 10.3. The predicted octanol–water partition coefficient (Wildman–Crippen LogP) is 0.977. The number of likely N-dealkylation sites (tertiary alicyclic amines) is 1. The van der Waals surface area contributed by atoms with Crippen LogP contribution in [0.3, 0.4) is 0 Å². The van der Waals surface area contributed by atoms with Gasteiger partial charge in [-0.3, -0.25) is 9.59 Å². The molecule has 1 saturated heterocycles. The fourth-order valence-electron chi connectivity index (χ4n) is 1.86. The number of nitrogens with one attached hydrogen (secondary N) is 1. The molecule has 1 aliphatic heterocycles. The Balaban J connectivity index is 1.99. The standard InChI is InChI=1S/C11H13ClN4O2/c12-10-8(6-17)11(15-7-14-10)13-5-9(18)16-3-1-2-4-16/h6-7H,1-5H2,(H,13,14,15).